The van der Waals surface area contributed by atoms with Crippen molar-refractivity contribution < 1.29 is 14.3 Å². The van der Waals surface area contributed by atoms with Crippen molar-refractivity contribution in [2.24, 2.45) is 12.8 Å². The fourth-order valence-electron chi connectivity index (χ4n) is 3.06. The second kappa shape index (κ2) is 10.5. The van der Waals surface area contributed by atoms with Gasteiger partial charge in [-0.05, 0) is 30.5 Å². The summed E-state index contributed by atoms with van der Waals surface area (Å²) in [5, 5.41) is 3.07. The molecule has 1 fully saturated rings. The maximum atomic E-state index is 12.7. The predicted molar refractivity (Wildman–Crippen MR) is 108 cm³/mol. The van der Waals surface area contributed by atoms with E-state index in [2.05, 4.69) is 10.3 Å². The van der Waals surface area contributed by atoms with Gasteiger partial charge in [-0.3, -0.25) is 4.79 Å². The molecule has 150 valence electrons. The van der Waals surface area contributed by atoms with Crippen molar-refractivity contribution in [2.75, 3.05) is 13.7 Å². The highest BCUT2D eigenvalue weighted by atomic mass is 35.5. The molecule has 1 aromatic heterocycles. The van der Waals surface area contributed by atoms with Crippen LogP contribution in [0.4, 0.5) is 0 Å². The van der Waals surface area contributed by atoms with Crippen molar-refractivity contribution in [3.05, 3.63) is 48.0 Å². The Balaban J connectivity index is 0.00000182. The molecule has 9 heteroatoms. The van der Waals surface area contributed by atoms with Gasteiger partial charge in [-0.25, -0.2) is 4.98 Å². The summed E-state index contributed by atoms with van der Waals surface area (Å²) in [6.07, 6.45) is 4.56. The molecule has 0 bridgehead atoms. The van der Waals surface area contributed by atoms with E-state index in [1.807, 2.05) is 42.1 Å². The maximum absolute atomic E-state index is 12.7. The Morgan fingerprint density at radius 2 is 2.07 bits per heavy atom. The molecule has 0 saturated carbocycles. The fraction of sp³-hybridized carbons (Fsp3) is 0.444. The molecule has 3 atom stereocenters. The average Bonchev–Trinajstić information content (AvgIpc) is 3.28. The molecule has 3 rings (SSSR count). The lowest BCUT2D eigenvalue weighted by Gasteiger charge is -2.21. The Hall–Kier alpha value is -1.80. The standard InChI is InChI=1S/C18H24N4O3.2ClH/c1-22-10-9-20-17(22)16(12-3-5-13(24-2)6-4-12)21-18(23)15-8-7-14(11-19)25-15;;/h3-6,9-10,14-16H,7-8,11,19H2,1-2H3,(H,21,23);2*1H/t14-,15+,16?;;/m1../s1. The van der Waals surface area contributed by atoms with Crippen LogP contribution in [0, 0.1) is 0 Å². The van der Waals surface area contributed by atoms with Crippen molar-refractivity contribution in [3.63, 3.8) is 0 Å². The van der Waals surface area contributed by atoms with Gasteiger partial charge in [0, 0.05) is 26.0 Å². The van der Waals surface area contributed by atoms with Gasteiger partial charge in [-0.1, -0.05) is 12.1 Å². The Morgan fingerprint density at radius 1 is 1.37 bits per heavy atom. The monoisotopic (exact) mass is 416 g/mol. The molecular formula is C18H26Cl2N4O3. The topological polar surface area (TPSA) is 91.4 Å². The van der Waals surface area contributed by atoms with Gasteiger partial charge in [-0.2, -0.15) is 0 Å². The van der Waals surface area contributed by atoms with E-state index in [0.29, 0.717) is 13.0 Å². The lowest BCUT2D eigenvalue weighted by Crippen LogP contribution is -2.39. The molecule has 1 unspecified atom stereocenters. The maximum Gasteiger partial charge on any atom is 0.249 e. The minimum absolute atomic E-state index is 0. The van der Waals surface area contributed by atoms with E-state index in [-0.39, 0.29) is 42.9 Å². The van der Waals surface area contributed by atoms with E-state index in [9.17, 15) is 4.79 Å². The summed E-state index contributed by atoms with van der Waals surface area (Å²) >= 11 is 0. The quantitative estimate of drug-likeness (QED) is 0.750. The molecule has 2 heterocycles. The Labute approximate surface area is 171 Å². The Morgan fingerprint density at radius 3 is 2.59 bits per heavy atom. The van der Waals surface area contributed by atoms with E-state index < -0.39 is 6.10 Å². The molecule has 0 aliphatic carbocycles. The highest BCUT2D eigenvalue weighted by Crippen LogP contribution is 2.25. The van der Waals surface area contributed by atoms with E-state index in [1.165, 1.54) is 0 Å². The number of halogens is 2. The minimum atomic E-state index is -0.463. The highest BCUT2D eigenvalue weighted by Gasteiger charge is 2.32. The van der Waals surface area contributed by atoms with Gasteiger partial charge in [-0.15, -0.1) is 24.8 Å². The summed E-state index contributed by atoms with van der Waals surface area (Å²) in [4.78, 5) is 17.1. The van der Waals surface area contributed by atoms with Gasteiger partial charge < -0.3 is 25.1 Å². The van der Waals surface area contributed by atoms with Crippen molar-refractivity contribution in [3.8, 4) is 5.75 Å². The number of methoxy groups -OCH3 is 1. The number of rotatable bonds is 6. The van der Waals surface area contributed by atoms with Gasteiger partial charge in [0.15, 0.2) is 0 Å². The number of amides is 1. The number of nitrogens with two attached hydrogens (primary N) is 1. The summed E-state index contributed by atoms with van der Waals surface area (Å²) in [5.74, 6) is 1.38. The number of imidazole rings is 1. The summed E-state index contributed by atoms with van der Waals surface area (Å²) in [6.45, 7) is 0.436. The number of carbonyl (C=O) groups excluding carboxylic acids is 1. The summed E-state index contributed by atoms with van der Waals surface area (Å²) in [7, 11) is 3.53. The largest absolute Gasteiger partial charge is 0.497 e. The molecule has 1 amide bonds. The number of ether oxygens (including phenoxy) is 2. The number of carbonyl (C=O) groups is 1. The lowest BCUT2D eigenvalue weighted by molar-refractivity contribution is -0.132. The van der Waals surface area contributed by atoms with E-state index in [4.69, 9.17) is 15.2 Å². The average molecular weight is 417 g/mol. The van der Waals surface area contributed by atoms with E-state index >= 15 is 0 Å². The highest BCUT2D eigenvalue weighted by molar-refractivity contribution is 5.85. The first kappa shape index (κ1) is 23.2. The van der Waals surface area contributed by atoms with E-state index in [0.717, 1.165) is 23.6 Å². The minimum Gasteiger partial charge on any atom is -0.497 e. The van der Waals surface area contributed by atoms with Gasteiger partial charge >= 0.3 is 0 Å². The second-order valence-electron chi connectivity index (χ2n) is 6.17. The number of aromatic nitrogens is 2. The molecular weight excluding hydrogens is 391 g/mol. The van der Waals surface area contributed by atoms with Crippen LogP contribution in [0.3, 0.4) is 0 Å². The fourth-order valence-corrected chi connectivity index (χ4v) is 3.06. The third kappa shape index (κ3) is 5.35. The number of nitrogens with one attached hydrogen (secondary N) is 1. The van der Waals surface area contributed by atoms with E-state index in [1.54, 1.807) is 13.3 Å². The van der Waals surface area contributed by atoms with Crippen molar-refractivity contribution >= 4 is 30.7 Å². The smallest absolute Gasteiger partial charge is 0.249 e. The van der Waals surface area contributed by atoms with Crippen LogP contribution in [0.2, 0.25) is 0 Å². The first-order chi connectivity index (χ1) is 12.1. The van der Waals surface area contributed by atoms with Gasteiger partial charge in [0.05, 0.1) is 13.2 Å². The van der Waals surface area contributed by atoms with Crippen molar-refractivity contribution in [2.45, 2.75) is 31.1 Å². The van der Waals surface area contributed by atoms with Crippen molar-refractivity contribution in [1.82, 2.24) is 14.9 Å². The number of hydrogen-bond donors (Lipinski definition) is 2. The molecule has 1 saturated heterocycles. The first-order valence-electron chi connectivity index (χ1n) is 8.39. The Kier molecular flexibility index (Phi) is 9.05. The molecule has 27 heavy (non-hydrogen) atoms. The number of benzene rings is 1. The molecule has 0 spiro atoms. The van der Waals surface area contributed by atoms with Crippen molar-refractivity contribution in [1.29, 1.82) is 0 Å². The third-order valence-corrected chi connectivity index (χ3v) is 4.52. The first-order valence-corrected chi connectivity index (χ1v) is 8.39. The Bertz CT molecular complexity index is 724. The summed E-state index contributed by atoms with van der Waals surface area (Å²) < 4.78 is 12.8. The molecule has 1 aromatic carbocycles. The van der Waals surface area contributed by atoms with Gasteiger partial charge in [0.1, 0.15) is 23.7 Å². The normalized spacial score (nSPS) is 19.5. The molecule has 0 radical (unpaired) electrons. The lowest BCUT2D eigenvalue weighted by atomic mass is 10.0. The van der Waals surface area contributed by atoms with Crippen LogP contribution in [0.5, 0.6) is 5.75 Å². The summed E-state index contributed by atoms with van der Waals surface area (Å²) in [5.41, 5.74) is 6.56. The zero-order valence-corrected chi connectivity index (χ0v) is 17.0. The van der Waals surface area contributed by atoms with Crippen LogP contribution in [-0.4, -0.2) is 41.3 Å². The molecule has 1 aliphatic heterocycles. The van der Waals surface area contributed by atoms with Gasteiger partial charge in [0.25, 0.3) is 0 Å². The van der Waals surface area contributed by atoms with Crippen LogP contribution >= 0.6 is 24.8 Å². The predicted octanol–water partition coefficient (Wildman–Crippen LogP) is 1.98. The SMILES string of the molecule is COc1ccc(C(NC(=O)[C@@H]2CC[C@H](CN)O2)c2nccn2C)cc1.Cl.Cl. The summed E-state index contributed by atoms with van der Waals surface area (Å²) in [6, 6.07) is 7.23. The third-order valence-electron chi connectivity index (χ3n) is 4.52. The zero-order chi connectivity index (χ0) is 17.8. The zero-order valence-electron chi connectivity index (χ0n) is 15.3. The van der Waals surface area contributed by atoms with Gasteiger partial charge in [0.2, 0.25) is 5.91 Å². The van der Waals surface area contributed by atoms with Crippen LogP contribution in [0.1, 0.15) is 30.3 Å². The molecule has 7 nitrogen and oxygen atoms in total. The van der Waals surface area contributed by atoms with Crippen LogP contribution < -0.4 is 15.8 Å². The van der Waals surface area contributed by atoms with Crippen LogP contribution in [0.15, 0.2) is 36.7 Å². The van der Waals surface area contributed by atoms with Crippen LogP contribution in [-0.2, 0) is 16.6 Å². The number of aryl methyl sites for hydroxylation is 1. The molecule has 2 aromatic rings. The number of nitrogens with zero attached hydrogens (tertiary/aromatic N) is 2. The second-order valence-corrected chi connectivity index (χ2v) is 6.17. The molecule has 3 N–H and O–H groups in total. The molecule has 1 aliphatic rings. The van der Waals surface area contributed by atoms with Crippen LogP contribution in [0.25, 0.3) is 0 Å². The number of hydrogen-bond acceptors (Lipinski definition) is 5.